The summed E-state index contributed by atoms with van der Waals surface area (Å²) in [7, 11) is 1.74. The minimum atomic E-state index is -0.257. The molecule has 3 N–H and O–H groups in total. The van der Waals surface area contributed by atoms with Gasteiger partial charge < -0.3 is 4.90 Å². The molecule has 0 radical (unpaired) electrons. The number of hydrogen-bond acceptors (Lipinski definition) is 2. The Bertz CT molecular complexity index is 392. The number of rotatable bonds is 3. The number of amides is 2. The molecule has 0 aliphatic rings. The third kappa shape index (κ3) is 3.46. The van der Waals surface area contributed by atoms with Crippen molar-refractivity contribution in [3.8, 4) is 0 Å². The van der Waals surface area contributed by atoms with Crippen LogP contribution in [0.4, 0.5) is 4.79 Å². The Labute approximate surface area is 103 Å². The number of urea groups is 1. The minimum Gasteiger partial charge on any atom is -0.326 e. The van der Waals surface area contributed by atoms with Crippen LogP contribution in [0.1, 0.15) is 22.3 Å². The third-order valence-electron chi connectivity index (χ3n) is 3.01. The maximum atomic E-state index is 11.2. The van der Waals surface area contributed by atoms with E-state index in [0.29, 0.717) is 6.54 Å². The fraction of sp³-hybridized carbons (Fsp3) is 0.462. The van der Waals surface area contributed by atoms with Crippen LogP contribution in [0.5, 0.6) is 0 Å². The van der Waals surface area contributed by atoms with Crippen LogP contribution in [0.2, 0.25) is 0 Å². The van der Waals surface area contributed by atoms with Crippen molar-refractivity contribution < 1.29 is 4.79 Å². The Balaban J connectivity index is 2.73. The molecule has 1 aromatic carbocycles. The van der Waals surface area contributed by atoms with Gasteiger partial charge in [0.05, 0.1) is 0 Å². The molecular weight excluding hydrogens is 214 g/mol. The van der Waals surface area contributed by atoms with E-state index in [0.717, 1.165) is 6.42 Å². The molecule has 1 aromatic rings. The molecule has 0 heterocycles. The summed E-state index contributed by atoms with van der Waals surface area (Å²) in [4.78, 5) is 12.8. The summed E-state index contributed by atoms with van der Waals surface area (Å²) in [6.45, 7) is 6.97. The van der Waals surface area contributed by atoms with Crippen LogP contribution >= 0.6 is 0 Å². The van der Waals surface area contributed by atoms with Gasteiger partial charge in [0.25, 0.3) is 0 Å². The molecule has 0 saturated carbocycles. The van der Waals surface area contributed by atoms with Crippen molar-refractivity contribution in [2.75, 3.05) is 13.6 Å². The van der Waals surface area contributed by atoms with Gasteiger partial charge in [-0.25, -0.2) is 10.6 Å². The first-order chi connectivity index (χ1) is 7.95. The first-order valence-corrected chi connectivity index (χ1v) is 5.74. The molecule has 0 aliphatic carbocycles. The van der Waals surface area contributed by atoms with Crippen LogP contribution < -0.4 is 11.3 Å². The quantitative estimate of drug-likeness (QED) is 0.475. The zero-order valence-corrected chi connectivity index (χ0v) is 11.0. The molecule has 17 heavy (non-hydrogen) atoms. The van der Waals surface area contributed by atoms with Crippen LogP contribution in [-0.4, -0.2) is 24.5 Å². The van der Waals surface area contributed by atoms with E-state index in [1.165, 1.54) is 22.3 Å². The Morgan fingerprint density at radius 3 is 2.29 bits per heavy atom. The lowest BCUT2D eigenvalue weighted by Crippen LogP contribution is -2.42. The van der Waals surface area contributed by atoms with Crippen LogP contribution in [0.3, 0.4) is 0 Å². The fourth-order valence-corrected chi connectivity index (χ4v) is 2.10. The summed E-state index contributed by atoms with van der Waals surface area (Å²) in [5, 5.41) is 0. The Hall–Kier alpha value is -1.55. The van der Waals surface area contributed by atoms with Crippen LogP contribution in [0.25, 0.3) is 0 Å². The van der Waals surface area contributed by atoms with Crippen LogP contribution in [0.15, 0.2) is 12.1 Å². The molecule has 0 aromatic heterocycles. The van der Waals surface area contributed by atoms with Gasteiger partial charge in [-0.3, -0.25) is 5.43 Å². The molecule has 2 amide bonds. The predicted molar refractivity (Wildman–Crippen MR) is 69.7 cm³/mol. The maximum Gasteiger partial charge on any atom is 0.331 e. The molecule has 94 valence electrons. The number of nitrogens with two attached hydrogens (primary N) is 1. The van der Waals surface area contributed by atoms with Gasteiger partial charge in [0.2, 0.25) is 0 Å². The molecular formula is C13H21N3O. The molecule has 0 bridgehead atoms. The number of carbonyl (C=O) groups excluding carboxylic acids is 1. The first-order valence-electron chi connectivity index (χ1n) is 5.74. The van der Waals surface area contributed by atoms with Gasteiger partial charge in [0.15, 0.2) is 0 Å². The predicted octanol–water partition coefficient (Wildman–Crippen LogP) is 1.67. The summed E-state index contributed by atoms with van der Waals surface area (Å²) in [6, 6.07) is 4.09. The lowest BCUT2D eigenvalue weighted by Gasteiger charge is -2.18. The van der Waals surface area contributed by atoms with Crippen LogP contribution in [-0.2, 0) is 6.42 Å². The molecule has 0 atom stereocenters. The largest absolute Gasteiger partial charge is 0.331 e. The highest BCUT2D eigenvalue weighted by Gasteiger charge is 2.09. The van der Waals surface area contributed by atoms with E-state index in [-0.39, 0.29) is 6.03 Å². The second-order valence-electron chi connectivity index (χ2n) is 4.50. The Morgan fingerprint density at radius 1 is 1.29 bits per heavy atom. The standard InChI is InChI=1S/C13H21N3O/c1-9-7-10(2)12(11(3)8-9)5-6-16(4)13(17)15-14/h7-8H,5-6,14H2,1-4H3,(H,15,17). The lowest BCUT2D eigenvalue weighted by atomic mass is 9.97. The maximum absolute atomic E-state index is 11.2. The van der Waals surface area contributed by atoms with E-state index < -0.39 is 0 Å². The average Bonchev–Trinajstić information content (AvgIpc) is 2.26. The number of nitrogens with zero attached hydrogens (tertiary/aromatic N) is 1. The summed E-state index contributed by atoms with van der Waals surface area (Å²) >= 11 is 0. The van der Waals surface area contributed by atoms with Gasteiger partial charge in [-0.05, 0) is 43.9 Å². The smallest absolute Gasteiger partial charge is 0.326 e. The van der Waals surface area contributed by atoms with E-state index in [1.807, 2.05) is 0 Å². The van der Waals surface area contributed by atoms with Gasteiger partial charge in [-0.15, -0.1) is 0 Å². The van der Waals surface area contributed by atoms with Gasteiger partial charge >= 0.3 is 6.03 Å². The summed E-state index contributed by atoms with van der Waals surface area (Å²) in [5.74, 6) is 5.08. The van der Waals surface area contributed by atoms with Crippen molar-refractivity contribution in [1.82, 2.24) is 10.3 Å². The fourth-order valence-electron chi connectivity index (χ4n) is 2.10. The van der Waals surface area contributed by atoms with E-state index in [1.54, 1.807) is 11.9 Å². The molecule has 0 aliphatic heterocycles. The molecule has 0 fully saturated rings. The van der Waals surface area contributed by atoms with Crippen molar-refractivity contribution in [3.63, 3.8) is 0 Å². The highest BCUT2D eigenvalue weighted by atomic mass is 16.2. The molecule has 0 unspecified atom stereocenters. The molecule has 0 saturated heterocycles. The second-order valence-corrected chi connectivity index (χ2v) is 4.50. The first kappa shape index (κ1) is 13.5. The van der Waals surface area contributed by atoms with Crippen molar-refractivity contribution >= 4 is 6.03 Å². The lowest BCUT2D eigenvalue weighted by molar-refractivity contribution is 0.209. The highest BCUT2D eigenvalue weighted by molar-refractivity contribution is 5.73. The number of carbonyl (C=O) groups is 1. The topological polar surface area (TPSA) is 58.4 Å². The van der Waals surface area contributed by atoms with E-state index in [9.17, 15) is 4.79 Å². The van der Waals surface area contributed by atoms with Crippen molar-refractivity contribution in [1.29, 1.82) is 0 Å². The number of nitrogens with one attached hydrogen (secondary N) is 1. The zero-order valence-electron chi connectivity index (χ0n) is 11.0. The summed E-state index contributed by atoms with van der Waals surface area (Å²) < 4.78 is 0. The summed E-state index contributed by atoms with van der Waals surface area (Å²) in [6.07, 6.45) is 0.849. The highest BCUT2D eigenvalue weighted by Crippen LogP contribution is 2.17. The van der Waals surface area contributed by atoms with Gasteiger partial charge in [-0.2, -0.15) is 0 Å². The normalized spacial score (nSPS) is 10.2. The number of hydrazine groups is 1. The number of hydrogen-bond donors (Lipinski definition) is 2. The van der Waals surface area contributed by atoms with Gasteiger partial charge in [0.1, 0.15) is 0 Å². The van der Waals surface area contributed by atoms with Gasteiger partial charge in [0, 0.05) is 13.6 Å². The Morgan fingerprint density at radius 2 is 1.82 bits per heavy atom. The summed E-state index contributed by atoms with van der Waals surface area (Å²) in [5.41, 5.74) is 7.28. The van der Waals surface area contributed by atoms with E-state index in [4.69, 9.17) is 5.84 Å². The van der Waals surface area contributed by atoms with E-state index in [2.05, 4.69) is 38.3 Å². The van der Waals surface area contributed by atoms with Crippen molar-refractivity contribution in [2.24, 2.45) is 5.84 Å². The molecule has 4 heteroatoms. The number of likely N-dealkylation sites (N-methyl/N-ethyl adjacent to an activating group) is 1. The average molecular weight is 235 g/mol. The SMILES string of the molecule is Cc1cc(C)c(CCN(C)C(=O)NN)c(C)c1. The number of benzene rings is 1. The third-order valence-corrected chi connectivity index (χ3v) is 3.01. The molecule has 1 rings (SSSR count). The van der Waals surface area contributed by atoms with Crippen molar-refractivity contribution in [2.45, 2.75) is 27.2 Å². The monoisotopic (exact) mass is 235 g/mol. The molecule has 0 spiro atoms. The minimum absolute atomic E-state index is 0.257. The van der Waals surface area contributed by atoms with Crippen molar-refractivity contribution in [3.05, 3.63) is 34.4 Å². The molecule has 4 nitrogen and oxygen atoms in total. The Kier molecular flexibility index (Phi) is 4.52. The van der Waals surface area contributed by atoms with Gasteiger partial charge in [-0.1, -0.05) is 17.7 Å². The van der Waals surface area contributed by atoms with E-state index >= 15 is 0 Å². The second kappa shape index (κ2) is 5.68. The zero-order chi connectivity index (χ0) is 13.0. The number of aryl methyl sites for hydroxylation is 3. The van der Waals surface area contributed by atoms with Crippen LogP contribution in [0, 0.1) is 20.8 Å².